The Kier molecular flexibility index (Phi) is 3.14. The van der Waals surface area contributed by atoms with Crippen LogP contribution in [-0.4, -0.2) is 15.1 Å². The van der Waals surface area contributed by atoms with Gasteiger partial charge >= 0.3 is 0 Å². The zero-order chi connectivity index (χ0) is 10.8. The van der Waals surface area contributed by atoms with Crippen molar-refractivity contribution in [3.8, 4) is 0 Å². The van der Waals surface area contributed by atoms with Gasteiger partial charge in [0.05, 0.1) is 5.69 Å². The van der Waals surface area contributed by atoms with E-state index in [4.69, 9.17) is 0 Å². The zero-order valence-electron chi connectivity index (χ0n) is 8.01. The molecule has 0 aliphatic carbocycles. The fraction of sp³-hybridized carbons (Fsp3) is 0.200. The highest BCUT2D eigenvalue weighted by molar-refractivity contribution is 9.10. The molecule has 0 aliphatic heterocycles. The predicted octanol–water partition coefficient (Wildman–Crippen LogP) is 2.69. The largest absolute Gasteiger partial charge is 0.382 e. The second kappa shape index (κ2) is 4.38. The van der Waals surface area contributed by atoms with Gasteiger partial charge in [0.2, 0.25) is 0 Å². The number of hydrogen-bond donors (Lipinski definition) is 1. The lowest BCUT2D eigenvalue weighted by molar-refractivity contribution is 0.214. The number of nitrogens with zero attached hydrogens (tertiary/aromatic N) is 2. The van der Waals surface area contributed by atoms with Gasteiger partial charge in [-0.15, -0.1) is 0 Å². The zero-order valence-corrected chi connectivity index (χ0v) is 10.4. The molecule has 78 valence electrons. The standard InChI is InChI=1S/C10H9BrN2OS/c1-6-12-3-2-9(13-6)10(14)7-4-15-5-8(7)11/h2-5,10,14H,1H3. The summed E-state index contributed by atoms with van der Waals surface area (Å²) in [4.78, 5) is 8.19. The molecular formula is C10H9BrN2OS. The normalized spacial score (nSPS) is 12.7. The summed E-state index contributed by atoms with van der Waals surface area (Å²) in [7, 11) is 0. The van der Waals surface area contributed by atoms with Gasteiger partial charge in [0, 0.05) is 21.6 Å². The Bertz CT molecular complexity index is 472. The summed E-state index contributed by atoms with van der Waals surface area (Å²) >= 11 is 4.93. The fourth-order valence-electron chi connectivity index (χ4n) is 1.27. The molecule has 2 rings (SSSR count). The van der Waals surface area contributed by atoms with Crippen molar-refractivity contribution < 1.29 is 5.11 Å². The van der Waals surface area contributed by atoms with E-state index in [0.717, 1.165) is 10.0 Å². The molecule has 5 heteroatoms. The number of halogens is 1. The van der Waals surface area contributed by atoms with Crippen LogP contribution in [0.5, 0.6) is 0 Å². The highest BCUT2D eigenvalue weighted by atomic mass is 79.9. The second-order valence-electron chi connectivity index (χ2n) is 3.11. The molecule has 0 aromatic carbocycles. The third-order valence-corrected chi connectivity index (χ3v) is 3.77. The van der Waals surface area contributed by atoms with E-state index >= 15 is 0 Å². The summed E-state index contributed by atoms with van der Waals surface area (Å²) in [5, 5.41) is 13.9. The van der Waals surface area contributed by atoms with Crippen molar-refractivity contribution in [3.05, 3.63) is 44.6 Å². The first-order valence-electron chi connectivity index (χ1n) is 4.37. The molecule has 3 nitrogen and oxygen atoms in total. The van der Waals surface area contributed by atoms with Crippen LogP contribution < -0.4 is 0 Å². The van der Waals surface area contributed by atoms with Crippen LogP contribution in [0.3, 0.4) is 0 Å². The maximum Gasteiger partial charge on any atom is 0.125 e. The van der Waals surface area contributed by atoms with Crippen LogP contribution in [0.4, 0.5) is 0 Å². The van der Waals surface area contributed by atoms with Crippen LogP contribution in [0.2, 0.25) is 0 Å². The fourth-order valence-corrected chi connectivity index (χ4v) is 2.81. The first-order chi connectivity index (χ1) is 7.18. The lowest BCUT2D eigenvalue weighted by atomic mass is 10.1. The summed E-state index contributed by atoms with van der Waals surface area (Å²) in [5.74, 6) is 0.665. The molecule has 0 aliphatic rings. The number of aryl methyl sites for hydroxylation is 1. The minimum absolute atomic E-state index is 0.626. The molecule has 0 radical (unpaired) electrons. The Morgan fingerprint density at radius 2 is 2.27 bits per heavy atom. The van der Waals surface area contributed by atoms with Crippen molar-refractivity contribution in [1.82, 2.24) is 9.97 Å². The molecule has 0 saturated heterocycles. The lowest BCUT2D eigenvalue weighted by Gasteiger charge is -2.09. The van der Waals surface area contributed by atoms with Gasteiger partial charge in [-0.05, 0) is 34.3 Å². The topological polar surface area (TPSA) is 46.0 Å². The average molecular weight is 285 g/mol. The van der Waals surface area contributed by atoms with Gasteiger partial charge < -0.3 is 5.11 Å². The Hall–Kier alpha value is -0.780. The summed E-state index contributed by atoms with van der Waals surface area (Å²) in [6, 6.07) is 1.72. The Balaban J connectivity index is 2.36. The first kappa shape index (κ1) is 10.7. The van der Waals surface area contributed by atoms with Crippen LogP contribution in [0.15, 0.2) is 27.5 Å². The van der Waals surface area contributed by atoms with Gasteiger partial charge in [-0.3, -0.25) is 0 Å². The summed E-state index contributed by atoms with van der Waals surface area (Å²) in [6.45, 7) is 1.80. The van der Waals surface area contributed by atoms with E-state index in [1.165, 1.54) is 0 Å². The average Bonchev–Trinajstić information content (AvgIpc) is 2.63. The van der Waals surface area contributed by atoms with E-state index in [1.807, 2.05) is 10.8 Å². The third-order valence-electron chi connectivity index (χ3n) is 2.01. The van der Waals surface area contributed by atoms with Crippen LogP contribution in [0.1, 0.15) is 23.2 Å². The van der Waals surface area contributed by atoms with Crippen molar-refractivity contribution in [2.24, 2.45) is 0 Å². The van der Waals surface area contributed by atoms with Gasteiger partial charge in [-0.2, -0.15) is 11.3 Å². The molecule has 0 bridgehead atoms. The van der Waals surface area contributed by atoms with Crippen LogP contribution >= 0.6 is 27.3 Å². The van der Waals surface area contributed by atoms with E-state index in [1.54, 1.807) is 30.5 Å². The number of thiophene rings is 1. The molecule has 1 atom stereocenters. The number of aliphatic hydroxyl groups is 1. The molecule has 1 unspecified atom stereocenters. The van der Waals surface area contributed by atoms with Crippen LogP contribution in [0, 0.1) is 6.92 Å². The van der Waals surface area contributed by atoms with Crippen molar-refractivity contribution in [1.29, 1.82) is 0 Å². The molecule has 2 aromatic heterocycles. The van der Waals surface area contributed by atoms with Crippen molar-refractivity contribution in [3.63, 3.8) is 0 Å². The number of aliphatic hydroxyl groups excluding tert-OH is 1. The Morgan fingerprint density at radius 1 is 1.47 bits per heavy atom. The molecule has 15 heavy (non-hydrogen) atoms. The van der Waals surface area contributed by atoms with Crippen molar-refractivity contribution in [2.45, 2.75) is 13.0 Å². The van der Waals surface area contributed by atoms with E-state index in [9.17, 15) is 5.11 Å². The van der Waals surface area contributed by atoms with E-state index in [0.29, 0.717) is 11.5 Å². The third kappa shape index (κ3) is 2.25. The van der Waals surface area contributed by atoms with E-state index < -0.39 is 6.10 Å². The molecule has 0 saturated carbocycles. The van der Waals surface area contributed by atoms with Crippen LogP contribution in [0.25, 0.3) is 0 Å². The van der Waals surface area contributed by atoms with Gasteiger partial charge in [-0.25, -0.2) is 9.97 Å². The second-order valence-corrected chi connectivity index (χ2v) is 4.70. The quantitative estimate of drug-likeness (QED) is 0.922. The van der Waals surface area contributed by atoms with E-state index in [2.05, 4.69) is 25.9 Å². The molecule has 0 fully saturated rings. The summed E-state index contributed by atoms with van der Waals surface area (Å²) in [6.07, 6.45) is 0.966. The van der Waals surface area contributed by atoms with Crippen LogP contribution in [-0.2, 0) is 0 Å². The van der Waals surface area contributed by atoms with Crippen molar-refractivity contribution >= 4 is 27.3 Å². The predicted molar refractivity (Wildman–Crippen MR) is 62.8 cm³/mol. The van der Waals surface area contributed by atoms with Gasteiger partial charge in [0.1, 0.15) is 11.9 Å². The number of rotatable bonds is 2. The van der Waals surface area contributed by atoms with E-state index in [-0.39, 0.29) is 0 Å². The Labute approximate surface area is 100.0 Å². The summed E-state index contributed by atoms with van der Waals surface area (Å²) < 4.78 is 0.913. The molecule has 2 heterocycles. The van der Waals surface area contributed by atoms with Crippen molar-refractivity contribution in [2.75, 3.05) is 0 Å². The first-order valence-corrected chi connectivity index (χ1v) is 6.11. The molecule has 0 spiro atoms. The summed E-state index contributed by atoms with van der Waals surface area (Å²) in [5.41, 5.74) is 1.47. The van der Waals surface area contributed by atoms with Gasteiger partial charge in [0.15, 0.2) is 0 Å². The Morgan fingerprint density at radius 3 is 2.87 bits per heavy atom. The highest BCUT2D eigenvalue weighted by Crippen LogP contribution is 2.30. The van der Waals surface area contributed by atoms with Gasteiger partial charge in [-0.1, -0.05) is 0 Å². The number of aromatic nitrogens is 2. The maximum atomic E-state index is 10.1. The minimum Gasteiger partial charge on any atom is -0.382 e. The smallest absolute Gasteiger partial charge is 0.125 e. The molecule has 1 N–H and O–H groups in total. The monoisotopic (exact) mass is 284 g/mol. The van der Waals surface area contributed by atoms with Gasteiger partial charge in [0.25, 0.3) is 0 Å². The number of hydrogen-bond acceptors (Lipinski definition) is 4. The minimum atomic E-state index is -0.688. The molecular weight excluding hydrogens is 276 g/mol. The molecule has 2 aromatic rings. The lowest BCUT2D eigenvalue weighted by Crippen LogP contribution is -2.03. The molecule has 0 amide bonds. The highest BCUT2D eigenvalue weighted by Gasteiger charge is 2.15. The maximum absolute atomic E-state index is 10.1. The SMILES string of the molecule is Cc1nccc(C(O)c2cscc2Br)n1.